The van der Waals surface area contributed by atoms with Gasteiger partial charge in [0.25, 0.3) is 17.7 Å². The molecule has 3 aromatic rings. The molecule has 0 bridgehead atoms. The first-order valence-corrected chi connectivity index (χ1v) is 10.7. The number of rotatable bonds is 8. The van der Waals surface area contributed by atoms with E-state index in [-0.39, 0.29) is 22.0 Å². The van der Waals surface area contributed by atoms with Crippen LogP contribution in [0.1, 0.15) is 51.6 Å². The molecule has 1 aromatic heterocycles. The molecule has 0 spiro atoms. The number of aromatic nitrogens is 2. The van der Waals surface area contributed by atoms with E-state index in [2.05, 4.69) is 25.9 Å². The van der Waals surface area contributed by atoms with Crippen molar-refractivity contribution in [3.05, 3.63) is 76.6 Å². The minimum atomic E-state index is -0.583. The molecular formula is C23H24ClFN6O3. The van der Waals surface area contributed by atoms with Crippen LogP contribution < -0.4 is 21.7 Å². The molecule has 11 heteroatoms. The van der Waals surface area contributed by atoms with Gasteiger partial charge in [-0.3, -0.25) is 14.4 Å². The van der Waals surface area contributed by atoms with E-state index < -0.39 is 29.1 Å². The molecule has 2 aromatic carbocycles. The van der Waals surface area contributed by atoms with Gasteiger partial charge in [0, 0.05) is 23.5 Å². The van der Waals surface area contributed by atoms with Crippen LogP contribution in [-0.2, 0) is 0 Å². The third-order valence-electron chi connectivity index (χ3n) is 4.71. The van der Waals surface area contributed by atoms with Gasteiger partial charge in [0.2, 0.25) is 0 Å². The van der Waals surface area contributed by atoms with Gasteiger partial charge < -0.3 is 26.7 Å². The highest BCUT2D eigenvalue weighted by molar-refractivity contribution is 6.34. The van der Waals surface area contributed by atoms with Crippen molar-refractivity contribution in [2.24, 2.45) is 5.73 Å². The Hall–Kier alpha value is -3.76. The monoisotopic (exact) mass is 486 g/mol. The second-order valence-corrected chi connectivity index (χ2v) is 8.64. The summed E-state index contributed by atoms with van der Waals surface area (Å²) in [4.78, 5) is 44.0. The molecule has 0 atom stereocenters. The maximum atomic E-state index is 13.2. The lowest BCUT2D eigenvalue weighted by atomic mass is 10.0. The van der Waals surface area contributed by atoms with E-state index in [4.69, 9.17) is 17.3 Å². The van der Waals surface area contributed by atoms with Crippen molar-refractivity contribution in [1.29, 1.82) is 0 Å². The molecule has 1 heterocycles. The Balaban J connectivity index is 1.61. The fraction of sp³-hybridized carbons (Fsp3) is 0.217. The van der Waals surface area contributed by atoms with E-state index >= 15 is 0 Å². The molecule has 0 aliphatic carbocycles. The van der Waals surface area contributed by atoms with E-state index in [0.29, 0.717) is 24.3 Å². The van der Waals surface area contributed by atoms with Gasteiger partial charge >= 0.3 is 0 Å². The molecule has 6 N–H and O–H groups in total. The van der Waals surface area contributed by atoms with Crippen LogP contribution >= 0.6 is 11.6 Å². The minimum absolute atomic E-state index is 0.00744. The first-order valence-electron chi connectivity index (χ1n) is 10.3. The molecule has 3 amide bonds. The van der Waals surface area contributed by atoms with Crippen molar-refractivity contribution >= 4 is 40.7 Å². The summed E-state index contributed by atoms with van der Waals surface area (Å²) in [6, 6.07) is 9.75. The van der Waals surface area contributed by atoms with Gasteiger partial charge in [-0.15, -0.1) is 0 Å². The van der Waals surface area contributed by atoms with Gasteiger partial charge in [0.1, 0.15) is 11.5 Å². The molecule has 9 nitrogen and oxygen atoms in total. The summed E-state index contributed by atoms with van der Waals surface area (Å²) >= 11 is 5.91. The van der Waals surface area contributed by atoms with Crippen LogP contribution in [0.3, 0.4) is 0 Å². The number of nitrogens with one attached hydrogen (secondary N) is 4. The Bertz CT molecular complexity index is 1200. The van der Waals surface area contributed by atoms with E-state index in [1.807, 2.05) is 13.8 Å². The van der Waals surface area contributed by atoms with Crippen molar-refractivity contribution in [3.63, 3.8) is 0 Å². The molecule has 178 valence electrons. The van der Waals surface area contributed by atoms with Crippen LogP contribution in [0.2, 0.25) is 5.02 Å². The third-order valence-corrected chi connectivity index (χ3v) is 5.03. The fourth-order valence-corrected chi connectivity index (χ4v) is 3.18. The number of amides is 3. The lowest BCUT2D eigenvalue weighted by molar-refractivity contribution is 0.0933. The van der Waals surface area contributed by atoms with E-state index in [9.17, 15) is 18.8 Å². The average Bonchev–Trinajstić information content (AvgIpc) is 3.24. The summed E-state index contributed by atoms with van der Waals surface area (Å²) in [5, 5.41) is 7.99. The lowest BCUT2D eigenvalue weighted by Gasteiger charge is -2.18. The number of nitrogens with zero attached hydrogens (tertiary/aromatic N) is 1. The van der Waals surface area contributed by atoms with Crippen molar-refractivity contribution in [2.45, 2.75) is 25.8 Å². The molecule has 0 saturated carbocycles. The van der Waals surface area contributed by atoms with E-state index in [1.54, 1.807) is 24.3 Å². The smallest absolute Gasteiger partial charge is 0.276 e. The van der Waals surface area contributed by atoms with Gasteiger partial charge in [0.15, 0.2) is 5.69 Å². The number of nitrogens with two attached hydrogens (primary N) is 1. The number of imidazole rings is 1. The Kier molecular flexibility index (Phi) is 7.64. The average molecular weight is 487 g/mol. The molecule has 0 aliphatic heterocycles. The summed E-state index contributed by atoms with van der Waals surface area (Å²) in [5.74, 6) is -2.10. The summed E-state index contributed by atoms with van der Waals surface area (Å²) in [7, 11) is 0. The zero-order chi connectivity index (χ0) is 24.9. The van der Waals surface area contributed by atoms with Gasteiger partial charge in [-0.2, -0.15) is 0 Å². The van der Waals surface area contributed by atoms with Crippen LogP contribution in [0.4, 0.5) is 15.8 Å². The number of H-pyrrole nitrogens is 1. The number of carbonyl (C=O) groups excluding carboxylic acids is 3. The normalized spacial score (nSPS) is 11.1. The first-order chi connectivity index (χ1) is 16.0. The van der Waals surface area contributed by atoms with Gasteiger partial charge in [-0.05, 0) is 62.7 Å². The topological polar surface area (TPSA) is 142 Å². The fourth-order valence-electron chi connectivity index (χ4n) is 2.93. The highest BCUT2D eigenvalue weighted by atomic mass is 35.5. The second kappa shape index (κ2) is 10.4. The number of carbonyl (C=O) groups is 3. The summed E-state index contributed by atoms with van der Waals surface area (Å²) in [5.41, 5.74) is 6.42. The second-order valence-electron chi connectivity index (χ2n) is 8.23. The molecule has 0 aliphatic rings. The Morgan fingerprint density at radius 1 is 1.03 bits per heavy atom. The molecule has 0 unspecified atom stereocenters. The van der Waals surface area contributed by atoms with Crippen molar-refractivity contribution in [3.8, 4) is 0 Å². The highest BCUT2D eigenvalue weighted by Crippen LogP contribution is 2.20. The Morgan fingerprint density at radius 2 is 1.65 bits per heavy atom. The number of aromatic amines is 1. The number of anilines is 2. The number of halogens is 2. The molecule has 34 heavy (non-hydrogen) atoms. The highest BCUT2D eigenvalue weighted by Gasteiger charge is 2.21. The predicted octanol–water partition coefficient (Wildman–Crippen LogP) is 3.56. The van der Waals surface area contributed by atoms with Crippen molar-refractivity contribution < 1.29 is 18.8 Å². The Morgan fingerprint density at radius 3 is 2.24 bits per heavy atom. The largest absolute Gasteiger partial charge is 0.351 e. The quantitative estimate of drug-likeness (QED) is 0.331. The standard InChI is InChI=1S/C23H24ClFN6O3/c1-23(2,26)9-10-27-21(33)18-19(29-12-28-18)22(34)31-15-6-4-14(5-7-15)30-20(32)16-8-3-13(25)11-17(16)24/h3-8,11-12H,9-10,26H2,1-2H3,(H,27,33)(H,28,29)(H,30,32)(H,31,34). The molecular weight excluding hydrogens is 463 g/mol. The summed E-state index contributed by atoms with van der Waals surface area (Å²) < 4.78 is 13.2. The van der Waals surface area contributed by atoms with E-state index in [0.717, 1.165) is 12.1 Å². The zero-order valence-corrected chi connectivity index (χ0v) is 19.3. The Labute approximate surface area is 200 Å². The lowest BCUT2D eigenvalue weighted by Crippen LogP contribution is -2.37. The van der Waals surface area contributed by atoms with Gasteiger partial charge in [-0.25, -0.2) is 9.37 Å². The molecule has 3 rings (SSSR count). The first kappa shape index (κ1) is 24.9. The molecule has 0 fully saturated rings. The number of benzene rings is 2. The van der Waals surface area contributed by atoms with Crippen LogP contribution in [0.15, 0.2) is 48.8 Å². The van der Waals surface area contributed by atoms with E-state index in [1.165, 1.54) is 12.4 Å². The van der Waals surface area contributed by atoms with Gasteiger partial charge in [-0.1, -0.05) is 11.6 Å². The van der Waals surface area contributed by atoms with Crippen LogP contribution in [0, 0.1) is 5.82 Å². The van der Waals surface area contributed by atoms with Crippen LogP contribution in [0.5, 0.6) is 0 Å². The number of hydrogen-bond donors (Lipinski definition) is 5. The maximum Gasteiger partial charge on any atom is 0.276 e. The summed E-state index contributed by atoms with van der Waals surface area (Å²) in [6.07, 6.45) is 1.82. The molecule has 0 saturated heterocycles. The summed E-state index contributed by atoms with van der Waals surface area (Å²) in [6.45, 7) is 4.05. The zero-order valence-electron chi connectivity index (χ0n) is 18.5. The van der Waals surface area contributed by atoms with Gasteiger partial charge in [0.05, 0.1) is 16.9 Å². The third kappa shape index (κ3) is 6.63. The van der Waals surface area contributed by atoms with Crippen molar-refractivity contribution in [2.75, 3.05) is 17.2 Å². The van der Waals surface area contributed by atoms with Crippen LogP contribution in [0.25, 0.3) is 0 Å². The SMILES string of the molecule is CC(C)(N)CCNC(=O)c1[nH]cnc1C(=O)Nc1ccc(NC(=O)c2ccc(F)cc2Cl)cc1. The van der Waals surface area contributed by atoms with Crippen molar-refractivity contribution in [1.82, 2.24) is 15.3 Å². The maximum absolute atomic E-state index is 13.2. The number of hydrogen-bond acceptors (Lipinski definition) is 5. The van der Waals surface area contributed by atoms with Crippen LogP contribution in [-0.4, -0.2) is 39.8 Å². The predicted molar refractivity (Wildman–Crippen MR) is 128 cm³/mol. The molecule has 0 radical (unpaired) electrons. The minimum Gasteiger partial charge on any atom is -0.351 e.